The van der Waals surface area contributed by atoms with Crippen molar-refractivity contribution in [2.45, 2.75) is 52.0 Å². The fraction of sp³-hybridized carbons (Fsp3) is 0.500. The number of benzene rings is 1. The van der Waals surface area contributed by atoms with E-state index in [1.165, 1.54) is 0 Å². The number of rotatable bonds is 7. The molecule has 30 heavy (non-hydrogen) atoms. The van der Waals surface area contributed by atoms with Crippen molar-refractivity contribution in [3.05, 3.63) is 58.4 Å². The van der Waals surface area contributed by atoms with Gasteiger partial charge in [0, 0.05) is 48.9 Å². The van der Waals surface area contributed by atoms with Gasteiger partial charge in [0.15, 0.2) is 0 Å². The second kappa shape index (κ2) is 9.69. The number of esters is 1. The van der Waals surface area contributed by atoms with Gasteiger partial charge in [0.1, 0.15) is 0 Å². The number of amides is 1. The van der Waals surface area contributed by atoms with E-state index in [4.69, 9.17) is 16.3 Å². The molecule has 0 bridgehead atoms. The summed E-state index contributed by atoms with van der Waals surface area (Å²) in [6, 6.07) is 9.94. The zero-order chi connectivity index (χ0) is 21.8. The summed E-state index contributed by atoms with van der Waals surface area (Å²) in [4.78, 5) is 26.6. The van der Waals surface area contributed by atoms with Gasteiger partial charge in [-0.2, -0.15) is 0 Å². The van der Waals surface area contributed by atoms with Crippen molar-refractivity contribution in [1.82, 2.24) is 9.47 Å². The first-order valence-electron chi connectivity index (χ1n) is 10.7. The third-order valence-electron chi connectivity index (χ3n) is 5.90. The zero-order valence-corrected chi connectivity index (χ0v) is 19.0. The van der Waals surface area contributed by atoms with Gasteiger partial charge >= 0.3 is 5.97 Å². The van der Waals surface area contributed by atoms with Crippen LogP contribution in [0.1, 0.15) is 73.6 Å². The van der Waals surface area contributed by atoms with E-state index in [9.17, 15) is 9.59 Å². The van der Waals surface area contributed by atoms with E-state index in [0.717, 1.165) is 30.6 Å². The van der Waals surface area contributed by atoms with Gasteiger partial charge in [-0.05, 0) is 63.3 Å². The lowest BCUT2D eigenvalue weighted by atomic mass is 9.81. The molecule has 3 rings (SSSR count). The maximum absolute atomic E-state index is 12.8. The molecule has 0 aliphatic carbocycles. The van der Waals surface area contributed by atoms with Crippen LogP contribution in [-0.2, 0) is 9.53 Å². The Hall–Kier alpha value is -2.27. The largest absolute Gasteiger partial charge is 0.462 e. The summed E-state index contributed by atoms with van der Waals surface area (Å²) < 4.78 is 7.53. The van der Waals surface area contributed by atoms with Crippen LogP contribution in [0, 0.1) is 5.92 Å². The quantitative estimate of drug-likeness (QED) is 0.561. The van der Waals surface area contributed by atoms with E-state index in [1.54, 1.807) is 0 Å². The smallest absolute Gasteiger partial charge is 0.339 e. The lowest BCUT2D eigenvalue weighted by Gasteiger charge is -2.33. The molecule has 1 aromatic carbocycles. The highest BCUT2D eigenvalue weighted by Crippen LogP contribution is 2.38. The van der Waals surface area contributed by atoms with Crippen LogP contribution in [0.15, 0.2) is 36.5 Å². The number of hydrogen-bond acceptors (Lipinski definition) is 3. The number of carbonyl (C=O) groups is 2. The number of carbonyl (C=O) groups excluding carboxylic acids is 2. The summed E-state index contributed by atoms with van der Waals surface area (Å²) in [5.74, 6) is 0.276. The number of nitrogens with zero attached hydrogens (tertiary/aromatic N) is 2. The second-order valence-electron chi connectivity index (χ2n) is 8.35. The third kappa shape index (κ3) is 4.89. The number of ether oxygens (including phenoxy) is 1. The Balaban J connectivity index is 2.05. The highest BCUT2D eigenvalue weighted by atomic mass is 35.5. The Morgan fingerprint density at radius 2 is 1.93 bits per heavy atom. The fourth-order valence-electron chi connectivity index (χ4n) is 4.38. The minimum Gasteiger partial charge on any atom is -0.462 e. The topological polar surface area (TPSA) is 51.5 Å². The van der Waals surface area contributed by atoms with Crippen molar-refractivity contribution < 1.29 is 14.3 Å². The molecule has 6 heteroatoms. The Labute approximate surface area is 184 Å². The first-order valence-corrected chi connectivity index (χ1v) is 11.1. The predicted octanol–water partition coefficient (Wildman–Crippen LogP) is 5.29. The molecule has 0 spiro atoms. The first-order chi connectivity index (χ1) is 14.3. The highest BCUT2D eigenvalue weighted by molar-refractivity contribution is 6.30. The molecule has 1 aromatic heterocycles. The summed E-state index contributed by atoms with van der Waals surface area (Å²) in [6.07, 6.45) is 4.27. The average molecular weight is 431 g/mol. The van der Waals surface area contributed by atoms with Crippen molar-refractivity contribution in [2.75, 3.05) is 20.2 Å². The van der Waals surface area contributed by atoms with Crippen LogP contribution in [0.25, 0.3) is 0 Å². The SMILES string of the molecule is CCOC(=O)c1ccn(C(C)C)c1C(CC1CCC(=O)N(C)C1)c1ccc(Cl)cc1. The van der Waals surface area contributed by atoms with Gasteiger partial charge in [-0.1, -0.05) is 23.7 Å². The number of piperidine rings is 1. The maximum Gasteiger partial charge on any atom is 0.339 e. The first kappa shape index (κ1) is 22.4. The van der Waals surface area contributed by atoms with Crippen molar-refractivity contribution in [2.24, 2.45) is 5.92 Å². The molecular weight excluding hydrogens is 400 g/mol. The molecular formula is C24H31ClN2O3. The molecule has 1 amide bonds. The van der Waals surface area contributed by atoms with Crippen molar-refractivity contribution in [3.8, 4) is 0 Å². The van der Waals surface area contributed by atoms with Gasteiger partial charge in [0.2, 0.25) is 5.91 Å². The Bertz CT molecular complexity index is 888. The van der Waals surface area contributed by atoms with E-state index >= 15 is 0 Å². The number of hydrogen-bond donors (Lipinski definition) is 0. The van der Waals surface area contributed by atoms with Gasteiger partial charge in [0.05, 0.1) is 12.2 Å². The average Bonchev–Trinajstić information content (AvgIpc) is 3.15. The summed E-state index contributed by atoms with van der Waals surface area (Å²) in [5.41, 5.74) is 2.71. The van der Waals surface area contributed by atoms with E-state index < -0.39 is 0 Å². The highest BCUT2D eigenvalue weighted by Gasteiger charge is 2.31. The van der Waals surface area contributed by atoms with Crippen LogP contribution in [0.3, 0.4) is 0 Å². The molecule has 1 aliphatic rings. The van der Waals surface area contributed by atoms with Crippen LogP contribution < -0.4 is 0 Å². The van der Waals surface area contributed by atoms with Gasteiger partial charge in [0.25, 0.3) is 0 Å². The zero-order valence-electron chi connectivity index (χ0n) is 18.2. The Kier molecular flexibility index (Phi) is 7.24. The molecule has 2 heterocycles. The van der Waals surface area contributed by atoms with Crippen molar-refractivity contribution >= 4 is 23.5 Å². The van der Waals surface area contributed by atoms with Crippen LogP contribution in [-0.4, -0.2) is 41.5 Å². The Morgan fingerprint density at radius 3 is 2.53 bits per heavy atom. The summed E-state index contributed by atoms with van der Waals surface area (Å²) in [7, 11) is 1.87. The molecule has 1 saturated heterocycles. The van der Waals surface area contributed by atoms with Crippen LogP contribution in [0.2, 0.25) is 5.02 Å². The Morgan fingerprint density at radius 1 is 1.23 bits per heavy atom. The molecule has 2 aromatic rings. The minimum atomic E-state index is -0.290. The maximum atomic E-state index is 12.8. The monoisotopic (exact) mass is 430 g/mol. The van der Waals surface area contributed by atoms with Gasteiger partial charge in [-0.15, -0.1) is 0 Å². The second-order valence-corrected chi connectivity index (χ2v) is 8.79. The molecule has 0 N–H and O–H groups in total. The molecule has 1 fully saturated rings. The van der Waals surface area contributed by atoms with E-state index in [0.29, 0.717) is 29.5 Å². The van der Waals surface area contributed by atoms with Crippen molar-refractivity contribution in [3.63, 3.8) is 0 Å². The van der Waals surface area contributed by atoms with Crippen molar-refractivity contribution in [1.29, 1.82) is 0 Å². The van der Waals surface area contributed by atoms with Gasteiger partial charge < -0.3 is 14.2 Å². The van der Waals surface area contributed by atoms with E-state index in [-0.39, 0.29) is 23.8 Å². The van der Waals surface area contributed by atoms with Gasteiger partial charge in [-0.3, -0.25) is 4.79 Å². The normalized spacial score (nSPS) is 18.0. The summed E-state index contributed by atoms with van der Waals surface area (Å²) in [6.45, 7) is 7.13. The lowest BCUT2D eigenvalue weighted by molar-refractivity contribution is -0.133. The molecule has 162 valence electrons. The molecule has 0 radical (unpaired) electrons. The van der Waals surface area contributed by atoms with E-state index in [2.05, 4.69) is 18.4 Å². The van der Waals surface area contributed by atoms with E-state index in [1.807, 2.05) is 55.4 Å². The molecule has 2 unspecified atom stereocenters. The molecule has 2 atom stereocenters. The molecule has 1 aliphatic heterocycles. The molecule has 5 nitrogen and oxygen atoms in total. The predicted molar refractivity (Wildman–Crippen MR) is 119 cm³/mol. The number of likely N-dealkylation sites (tertiary alicyclic amines) is 1. The number of aromatic nitrogens is 1. The standard InChI is InChI=1S/C24H31ClN2O3/c1-5-30-24(29)20-12-13-27(16(2)3)23(20)21(18-7-9-19(25)10-8-18)14-17-6-11-22(28)26(4)15-17/h7-10,12-13,16-17,21H,5-6,11,14-15H2,1-4H3. The molecule has 0 saturated carbocycles. The van der Waals surface area contributed by atoms with Gasteiger partial charge in [-0.25, -0.2) is 4.79 Å². The van der Waals surface area contributed by atoms with Crippen LogP contribution in [0.4, 0.5) is 0 Å². The lowest BCUT2D eigenvalue weighted by Crippen LogP contribution is -2.37. The number of halogens is 1. The van der Waals surface area contributed by atoms with Crippen LogP contribution >= 0.6 is 11.6 Å². The summed E-state index contributed by atoms with van der Waals surface area (Å²) >= 11 is 6.15. The summed E-state index contributed by atoms with van der Waals surface area (Å²) in [5, 5.41) is 0.686. The van der Waals surface area contributed by atoms with Crippen LogP contribution in [0.5, 0.6) is 0 Å². The third-order valence-corrected chi connectivity index (χ3v) is 6.16. The minimum absolute atomic E-state index is 0.00525. The fourth-order valence-corrected chi connectivity index (χ4v) is 4.51.